The van der Waals surface area contributed by atoms with E-state index in [1.807, 2.05) is 0 Å². The Balaban J connectivity index is 1.61. The van der Waals surface area contributed by atoms with Gasteiger partial charge in [-0.15, -0.1) is 32.9 Å². The lowest BCUT2D eigenvalue weighted by molar-refractivity contribution is -0.142. The van der Waals surface area contributed by atoms with E-state index in [0.717, 1.165) is 29.5 Å². The predicted octanol–water partition coefficient (Wildman–Crippen LogP) is 4.83. The second-order valence-electron chi connectivity index (χ2n) is 7.31. The maximum absolute atomic E-state index is 12.4. The highest BCUT2D eigenvalue weighted by atomic mass is 32.2. The number of nitrogens with zero attached hydrogens (tertiary/aromatic N) is 4. The summed E-state index contributed by atoms with van der Waals surface area (Å²) in [6.45, 7) is 9.33. The van der Waals surface area contributed by atoms with Crippen molar-refractivity contribution in [1.82, 2.24) is 19.7 Å². The molecule has 0 aliphatic rings. The normalized spacial score (nSPS) is 11.2. The van der Waals surface area contributed by atoms with Gasteiger partial charge in [0.25, 0.3) is 0 Å². The SMILES string of the molecule is CCCn1c(SCC(=O)Nc2nc(CC(=O)OCC)cs2)nnc1-c1csc(C(C)C)c1. The number of esters is 1. The Labute approximate surface area is 199 Å². The molecule has 3 aromatic rings. The second kappa shape index (κ2) is 11.6. The van der Waals surface area contributed by atoms with E-state index in [9.17, 15) is 9.59 Å². The summed E-state index contributed by atoms with van der Waals surface area (Å²) >= 11 is 4.36. The Bertz CT molecular complexity index is 1060. The zero-order valence-electron chi connectivity index (χ0n) is 18.6. The molecule has 3 aromatic heterocycles. The first-order chi connectivity index (χ1) is 15.4. The van der Waals surface area contributed by atoms with Gasteiger partial charge in [-0.2, -0.15) is 0 Å². The number of carbonyl (C=O) groups excluding carboxylic acids is 2. The van der Waals surface area contributed by atoms with Gasteiger partial charge in [-0.05, 0) is 25.3 Å². The zero-order chi connectivity index (χ0) is 23.1. The number of carbonyl (C=O) groups is 2. The molecule has 3 heterocycles. The first-order valence-electron chi connectivity index (χ1n) is 10.5. The van der Waals surface area contributed by atoms with Gasteiger partial charge < -0.3 is 14.6 Å². The van der Waals surface area contributed by atoms with E-state index in [1.165, 1.54) is 28.0 Å². The number of aromatic nitrogens is 4. The van der Waals surface area contributed by atoms with Crippen LogP contribution in [0.5, 0.6) is 0 Å². The molecule has 0 bridgehead atoms. The van der Waals surface area contributed by atoms with Gasteiger partial charge in [-0.25, -0.2) is 4.98 Å². The standard InChI is InChI=1S/C21H27N5O3S3/c1-5-7-26-19(14-8-16(13(3)4)30-10-14)24-25-21(26)32-12-17(27)23-20-22-15(11-31-20)9-18(28)29-6-2/h8,10-11,13H,5-7,9,12H2,1-4H3,(H,22,23,27). The van der Waals surface area contributed by atoms with Crippen LogP contribution in [0.1, 0.15) is 50.6 Å². The summed E-state index contributed by atoms with van der Waals surface area (Å²) in [6, 6.07) is 2.17. The summed E-state index contributed by atoms with van der Waals surface area (Å²) < 4.78 is 7.00. The fraction of sp³-hybridized carbons (Fsp3) is 0.476. The van der Waals surface area contributed by atoms with Crippen molar-refractivity contribution in [2.24, 2.45) is 0 Å². The number of thioether (sulfide) groups is 1. The van der Waals surface area contributed by atoms with Crippen LogP contribution in [0, 0.1) is 0 Å². The molecule has 8 nitrogen and oxygen atoms in total. The molecule has 0 fully saturated rings. The van der Waals surface area contributed by atoms with Gasteiger partial charge in [0, 0.05) is 27.7 Å². The maximum atomic E-state index is 12.4. The summed E-state index contributed by atoms with van der Waals surface area (Å²) in [6.07, 6.45) is 1.04. The molecule has 172 valence electrons. The van der Waals surface area contributed by atoms with Crippen LogP contribution in [0.25, 0.3) is 11.4 Å². The van der Waals surface area contributed by atoms with Gasteiger partial charge >= 0.3 is 5.97 Å². The number of hydrogen-bond donors (Lipinski definition) is 1. The van der Waals surface area contributed by atoms with Crippen molar-refractivity contribution < 1.29 is 14.3 Å². The lowest BCUT2D eigenvalue weighted by atomic mass is 10.1. The predicted molar refractivity (Wildman–Crippen MR) is 130 cm³/mol. The largest absolute Gasteiger partial charge is 0.466 e. The minimum Gasteiger partial charge on any atom is -0.466 e. The lowest BCUT2D eigenvalue weighted by Crippen LogP contribution is -2.15. The molecule has 1 amide bonds. The maximum Gasteiger partial charge on any atom is 0.311 e. The van der Waals surface area contributed by atoms with Crippen LogP contribution in [0.3, 0.4) is 0 Å². The summed E-state index contributed by atoms with van der Waals surface area (Å²) in [5, 5.41) is 16.6. The van der Waals surface area contributed by atoms with Gasteiger partial charge in [0.05, 0.1) is 24.5 Å². The van der Waals surface area contributed by atoms with Crippen LogP contribution in [0.4, 0.5) is 5.13 Å². The summed E-state index contributed by atoms with van der Waals surface area (Å²) in [5.41, 5.74) is 1.65. The number of rotatable bonds is 11. The third-order valence-corrected chi connectivity index (χ3v) is 7.38. The van der Waals surface area contributed by atoms with Crippen LogP contribution >= 0.6 is 34.4 Å². The van der Waals surface area contributed by atoms with E-state index < -0.39 is 0 Å². The molecular formula is C21H27N5O3S3. The van der Waals surface area contributed by atoms with Gasteiger partial charge in [0.15, 0.2) is 16.1 Å². The van der Waals surface area contributed by atoms with Gasteiger partial charge in [-0.1, -0.05) is 32.5 Å². The molecule has 1 N–H and O–H groups in total. The first kappa shape index (κ1) is 24.4. The Morgan fingerprint density at radius 1 is 1.22 bits per heavy atom. The minimum atomic E-state index is -0.330. The average molecular weight is 494 g/mol. The molecule has 0 aliphatic carbocycles. The van der Waals surface area contributed by atoms with E-state index in [1.54, 1.807) is 23.6 Å². The molecule has 0 aliphatic heterocycles. The minimum absolute atomic E-state index is 0.0962. The fourth-order valence-corrected chi connectivity index (χ4v) is 5.29. The van der Waals surface area contributed by atoms with Crippen LogP contribution < -0.4 is 5.32 Å². The number of anilines is 1. The molecule has 0 atom stereocenters. The highest BCUT2D eigenvalue weighted by Gasteiger charge is 2.18. The first-order valence-corrected chi connectivity index (χ1v) is 13.2. The molecule has 0 spiro atoms. The molecule has 0 radical (unpaired) electrons. The fourth-order valence-electron chi connectivity index (χ4n) is 2.90. The van der Waals surface area contributed by atoms with Crippen LogP contribution in [-0.2, 0) is 27.3 Å². The third-order valence-electron chi connectivity index (χ3n) is 4.37. The van der Waals surface area contributed by atoms with E-state index in [2.05, 4.69) is 57.3 Å². The molecule has 0 aromatic carbocycles. The van der Waals surface area contributed by atoms with Crippen molar-refractivity contribution >= 4 is 51.4 Å². The number of amides is 1. The van der Waals surface area contributed by atoms with Gasteiger partial charge in [0.1, 0.15) is 0 Å². The second-order valence-corrected chi connectivity index (χ2v) is 10.1. The van der Waals surface area contributed by atoms with Crippen molar-refractivity contribution in [2.45, 2.75) is 58.2 Å². The molecule has 0 unspecified atom stereocenters. The van der Waals surface area contributed by atoms with Gasteiger partial charge in [-0.3, -0.25) is 9.59 Å². The van der Waals surface area contributed by atoms with E-state index in [4.69, 9.17) is 4.74 Å². The monoisotopic (exact) mass is 493 g/mol. The third kappa shape index (κ3) is 6.39. The quantitative estimate of drug-likeness (QED) is 0.302. The topological polar surface area (TPSA) is 99.0 Å². The van der Waals surface area contributed by atoms with Crippen LogP contribution in [0.15, 0.2) is 22.0 Å². The highest BCUT2D eigenvalue weighted by Crippen LogP contribution is 2.31. The summed E-state index contributed by atoms with van der Waals surface area (Å²) in [7, 11) is 0. The van der Waals surface area contributed by atoms with Crippen LogP contribution in [-0.4, -0.2) is 44.0 Å². The Hall–Kier alpha value is -2.24. The van der Waals surface area contributed by atoms with Crippen molar-refractivity contribution in [3.63, 3.8) is 0 Å². The van der Waals surface area contributed by atoms with Crippen molar-refractivity contribution in [2.75, 3.05) is 17.7 Å². The van der Waals surface area contributed by atoms with Crippen molar-refractivity contribution in [1.29, 1.82) is 0 Å². The number of thiophene rings is 1. The number of thiazole rings is 1. The van der Waals surface area contributed by atoms with E-state index >= 15 is 0 Å². The lowest BCUT2D eigenvalue weighted by Gasteiger charge is -2.08. The number of nitrogens with one attached hydrogen (secondary N) is 1. The summed E-state index contributed by atoms with van der Waals surface area (Å²) in [5.74, 6) is 0.981. The number of ether oxygens (including phenoxy) is 1. The Morgan fingerprint density at radius 2 is 2.03 bits per heavy atom. The molecule has 11 heteroatoms. The van der Waals surface area contributed by atoms with Crippen LogP contribution in [0.2, 0.25) is 0 Å². The average Bonchev–Trinajstić information content (AvgIpc) is 3.47. The van der Waals surface area contributed by atoms with Crippen molar-refractivity contribution in [3.05, 3.63) is 27.4 Å². The molecular weight excluding hydrogens is 466 g/mol. The van der Waals surface area contributed by atoms with E-state index in [0.29, 0.717) is 23.4 Å². The zero-order valence-corrected chi connectivity index (χ0v) is 21.0. The smallest absolute Gasteiger partial charge is 0.311 e. The van der Waals surface area contributed by atoms with Gasteiger partial charge in [0.2, 0.25) is 5.91 Å². The number of hydrogen-bond acceptors (Lipinski definition) is 9. The molecule has 32 heavy (non-hydrogen) atoms. The van der Waals surface area contributed by atoms with Crippen molar-refractivity contribution in [3.8, 4) is 11.4 Å². The molecule has 3 rings (SSSR count). The highest BCUT2D eigenvalue weighted by molar-refractivity contribution is 7.99. The van der Waals surface area contributed by atoms with E-state index in [-0.39, 0.29) is 24.1 Å². The Kier molecular flexibility index (Phi) is 8.83. The summed E-state index contributed by atoms with van der Waals surface area (Å²) in [4.78, 5) is 29.6. The Morgan fingerprint density at radius 3 is 2.72 bits per heavy atom. The molecule has 0 saturated heterocycles. The molecule has 0 saturated carbocycles.